The summed E-state index contributed by atoms with van der Waals surface area (Å²) in [5.41, 5.74) is 0.718. The van der Waals surface area contributed by atoms with E-state index in [-0.39, 0.29) is 5.91 Å². The highest BCUT2D eigenvalue weighted by molar-refractivity contribution is 7.12. The van der Waals surface area contributed by atoms with E-state index in [4.69, 9.17) is 0 Å². The van der Waals surface area contributed by atoms with E-state index in [2.05, 4.69) is 5.32 Å². The second-order valence-electron chi connectivity index (χ2n) is 4.00. The van der Waals surface area contributed by atoms with Gasteiger partial charge in [0.1, 0.15) is 0 Å². The predicted octanol–water partition coefficient (Wildman–Crippen LogP) is 2.84. The van der Waals surface area contributed by atoms with E-state index < -0.39 is 6.10 Å². The van der Waals surface area contributed by atoms with E-state index in [1.165, 1.54) is 16.2 Å². The molecule has 3 nitrogen and oxygen atoms in total. The van der Waals surface area contributed by atoms with Crippen LogP contribution in [0.25, 0.3) is 0 Å². The quantitative estimate of drug-likeness (QED) is 0.885. The molecule has 0 aliphatic carbocycles. The molecule has 96 valence electrons. The molecule has 1 amide bonds. The van der Waals surface area contributed by atoms with Gasteiger partial charge >= 0.3 is 0 Å². The van der Waals surface area contributed by atoms with E-state index in [1.54, 1.807) is 18.3 Å². The number of amides is 1. The maximum absolute atomic E-state index is 11.7. The highest BCUT2D eigenvalue weighted by Gasteiger charge is 2.07. The van der Waals surface area contributed by atoms with Gasteiger partial charge in [-0.3, -0.25) is 4.79 Å². The lowest BCUT2D eigenvalue weighted by atomic mass is 10.3. The molecule has 5 heteroatoms. The Bertz CT molecular complexity index is 503. The molecule has 2 aromatic rings. The molecule has 0 aliphatic heterocycles. The highest BCUT2D eigenvalue weighted by Crippen LogP contribution is 2.22. The zero-order valence-electron chi connectivity index (χ0n) is 10.1. The van der Waals surface area contributed by atoms with E-state index in [0.717, 1.165) is 16.9 Å². The SMILES string of the molecule is C[C@H](O)c1ccc(CCNC(=O)c2ccsc2)s1. The lowest BCUT2D eigenvalue weighted by molar-refractivity contribution is 0.0954. The lowest BCUT2D eigenvalue weighted by Crippen LogP contribution is -2.24. The fraction of sp³-hybridized carbons (Fsp3) is 0.308. The molecule has 2 aromatic heterocycles. The molecular formula is C13H15NO2S2. The van der Waals surface area contributed by atoms with Gasteiger partial charge in [0.05, 0.1) is 6.10 Å². The van der Waals surface area contributed by atoms with Gasteiger partial charge in [-0.15, -0.1) is 11.3 Å². The zero-order valence-corrected chi connectivity index (χ0v) is 11.7. The van der Waals surface area contributed by atoms with Crippen LogP contribution in [0.5, 0.6) is 0 Å². The molecule has 0 spiro atoms. The molecule has 0 radical (unpaired) electrons. The van der Waals surface area contributed by atoms with Crippen molar-refractivity contribution in [2.75, 3.05) is 6.54 Å². The largest absolute Gasteiger partial charge is 0.388 e. The van der Waals surface area contributed by atoms with Gasteiger partial charge in [0.2, 0.25) is 0 Å². The fourth-order valence-corrected chi connectivity index (χ4v) is 3.13. The third-order valence-corrected chi connectivity index (χ3v) is 4.53. The Kier molecular flexibility index (Phi) is 4.52. The Morgan fingerprint density at radius 3 is 2.89 bits per heavy atom. The standard InChI is InChI=1S/C13H15NO2S2/c1-9(15)12-3-2-11(18-12)4-6-14-13(16)10-5-7-17-8-10/h2-3,5,7-9,15H,4,6H2,1H3,(H,14,16)/t9-/m0/s1. The summed E-state index contributed by atoms with van der Waals surface area (Å²) in [6, 6.07) is 5.76. The molecule has 0 aromatic carbocycles. The van der Waals surface area contributed by atoms with Gasteiger partial charge in [-0.2, -0.15) is 11.3 Å². The Labute approximate surface area is 114 Å². The van der Waals surface area contributed by atoms with Crippen LogP contribution in [0.2, 0.25) is 0 Å². The van der Waals surface area contributed by atoms with Crippen LogP contribution >= 0.6 is 22.7 Å². The molecule has 1 atom stereocenters. The number of hydrogen-bond donors (Lipinski definition) is 2. The van der Waals surface area contributed by atoms with Crippen LogP contribution in [-0.2, 0) is 6.42 Å². The van der Waals surface area contributed by atoms with E-state index >= 15 is 0 Å². The van der Waals surface area contributed by atoms with Gasteiger partial charge in [0, 0.05) is 27.2 Å². The lowest BCUT2D eigenvalue weighted by Gasteiger charge is -2.02. The van der Waals surface area contributed by atoms with Crippen molar-refractivity contribution in [2.24, 2.45) is 0 Å². The number of thiophene rings is 2. The number of nitrogens with one attached hydrogen (secondary N) is 1. The van der Waals surface area contributed by atoms with Gasteiger partial charge in [-0.25, -0.2) is 0 Å². The maximum atomic E-state index is 11.7. The van der Waals surface area contributed by atoms with Crippen molar-refractivity contribution in [3.05, 3.63) is 44.3 Å². The number of aliphatic hydroxyl groups is 1. The summed E-state index contributed by atoms with van der Waals surface area (Å²) < 4.78 is 0. The summed E-state index contributed by atoms with van der Waals surface area (Å²) in [7, 11) is 0. The minimum absolute atomic E-state index is 0.0245. The number of carbonyl (C=O) groups excluding carboxylic acids is 1. The molecule has 2 heterocycles. The van der Waals surface area contributed by atoms with Crippen molar-refractivity contribution in [1.29, 1.82) is 0 Å². The van der Waals surface area contributed by atoms with Crippen molar-refractivity contribution < 1.29 is 9.90 Å². The normalized spacial score (nSPS) is 12.3. The number of aliphatic hydroxyl groups excluding tert-OH is 1. The molecule has 0 aliphatic rings. The van der Waals surface area contributed by atoms with Crippen molar-refractivity contribution in [3.8, 4) is 0 Å². The van der Waals surface area contributed by atoms with Gasteiger partial charge in [-0.05, 0) is 36.9 Å². The van der Waals surface area contributed by atoms with Crippen LogP contribution in [-0.4, -0.2) is 17.6 Å². The third kappa shape index (κ3) is 3.41. The first-order valence-electron chi connectivity index (χ1n) is 5.74. The summed E-state index contributed by atoms with van der Waals surface area (Å²) in [5.74, 6) is -0.0245. The van der Waals surface area contributed by atoms with Crippen LogP contribution in [0.15, 0.2) is 29.0 Å². The fourth-order valence-electron chi connectivity index (χ4n) is 1.55. The van der Waals surface area contributed by atoms with Crippen LogP contribution in [0.4, 0.5) is 0 Å². The van der Waals surface area contributed by atoms with E-state index in [9.17, 15) is 9.90 Å². The first kappa shape index (κ1) is 13.3. The number of hydrogen-bond acceptors (Lipinski definition) is 4. The summed E-state index contributed by atoms with van der Waals surface area (Å²) in [5, 5.41) is 16.0. The smallest absolute Gasteiger partial charge is 0.252 e. The summed E-state index contributed by atoms with van der Waals surface area (Å²) >= 11 is 3.11. The summed E-state index contributed by atoms with van der Waals surface area (Å²) in [6.45, 7) is 2.38. The summed E-state index contributed by atoms with van der Waals surface area (Å²) in [6.07, 6.45) is 0.386. The average Bonchev–Trinajstić information content (AvgIpc) is 3.00. The first-order valence-corrected chi connectivity index (χ1v) is 7.50. The molecule has 0 fully saturated rings. The molecule has 0 unspecified atom stereocenters. The Morgan fingerprint density at radius 2 is 2.28 bits per heavy atom. The predicted molar refractivity (Wildman–Crippen MR) is 75.3 cm³/mol. The maximum Gasteiger partial charge on any atom is 0.252 e. The van der Waals surface area contributed by atoms with Crippen LogP contribution in [0, 0.1) is 0 Å². The third-order valence-electron chi connectivity index (χ3n) is 2.53. The van der Waals surface area contributed by atoms with Crippen molar-refractivity contribution in [1.82, 2.24) is 5.32 Å². The van der Waals surface area contributed by atoms with Crippen LogP contribution < -0.4 is 5.32 Å². The monoisotopic (exact) mass is 281 g/mol. The molecule has 0 saturated carbocycles. The Balaban J connectivity index is 1.79. The highest BCUT2D eigenvalue weighted by atomic mass is 32.1. The Morgan fingerprint density at radius 1 is 1.44 bits per heavy atom. The van der Waals surface area contributed by atoms with Crippen molar-refractivity contribution in [3.63, 3.8) is 0 Å². The molecule has 18 heavy (non-hydrogen) atoms. The number of carbonyl (C=O) groups is 1. The number of rotatable bonds is 5. The van der Waals surface area contributed by atoms with Gasteiger partial charge < -0.3 is 10.4 Å². The van der Waals surface area contributed by atoms with Crippen LogP contribution in [0.1, 0.15) is 33.1 Å². The molecular weight excluding hydrogens is 266 g/mol. The van der Waals surface area contributed by atoms with Crippen molar-refractivity contribution in [2.45, 2.75) is 19.4 Å². The Hall–Kier alpha value is -1.17. The zero-order chi connectivity index (χ0) is 13.0. The second-order valence-corrected chi connectivity index (χ2v) is 5.98. The minimum atomic E-state index is -0.413. The summed E-state index contributed by atoms with van der Waals surface area (Å²) in [4.78, 5) is 13.8. The minimum Gasteiger partial charge on any atom is -0.388 e. The molecule has 2 rings (SSSR count). The average molecular weight is 281 g/mol. The van der Waals surface area contributed by atoms with Gasteiger partial charge in [0.25, 0.3) is 5.91 Å². The topological polar surface area (TPSA) is 49.3 Å². The van der Waals surface area contributed by atoms with E-state index in [1.807, 2.05) is 29.0 Å². The van der Waals surface area contributed by atoms with Gasteiger partial charge in [0.15, 0.2) is 0 Å². The van der Waals surface area contributed by atoms with Crippen molar-refractivity contribution >= 4 is 28.6 Å². The second kappa shape index (κ2) is 6.13. The first-order chi connectivity index (χ1) is 8.66. The van der Waals surface area contributed by atoms with E-state index in [0.29, 0.717) is 6.54 Å². The molecule has 0 saturated heterocycles. The molecule has 0 bridgehead atoms. The van der Waals surface area contributed by atoms with Crippen LogP contribution in [0.3, 0.4) is 0 Å². The van der Waals surface area contributed by atoms with Gasteiger partial charge in [-0.1, -0.05) is 0 Å². The molecule has 2 N–H and O–H groups in total.